The summed E-state index contributed by atoms with van der Waals surface area (Å²) in [7, 11) is 1.38. The third-order valence-electron chi connectivity index (χ3n) is 1.56. The van der Waals surface area contributed by atoms with Gasteiger partial charge in [0, 0.05) is 6.54 Å². The van der Waals surface area contributed by atoms with Crippen molar-refractivity contribution in [3.63, 3.8) is 0 Å². The van der Waals surface area contributed by atoms with E-state index >= 15 is 0 Å². The van der Waals surface area contributed by atoms with E-state index in [0.717, 1.165) is 0 Å². The van der Waals surface area contributed by atoms with Gasteiger partial charge in [-0.2, -0.15) is 0 Å². The van der Waals surface area contributed by atoms with Crippen LogP contribution in [0, 0.1) is 11.8 Å². The highest BCUT2D eigenvalue weighted by atomic mass is 35.5. The minimum Gasteiger partial charge on any atom is -0.469 e. The fourth-order valence-corrected chi connectivity index (χ4v) is 0.792. The van der Waals surface area contributed by atoms with E-state index < -0.39 is 0 Å². The Balaban J connectivity index is 0. The number of hydrogen-bond donors (Lipinski definition) is 1. The predicted molar refractivity (Wildman–Crippen MR) is 46.6 cm³/mol. The van der Waals surface area contributed by atoms with Crippen LogP contribution < -0.4 is 5.73 Å². The van der Waals surface area contributed by atoms with Gasteiger partial charge in [-0.1, -0.05) is 13.8 Å². The largest absolute Gasteiger partial charge is 0.469 e. The fourth-order valence-electron chi connectivity index (χ4n) is 0.792. The number of halogens is 1. The first-order valence-corrected chi connectivity index (χ1v) is 3.41. The van der Waals surface area contributed by atoms with Crippen LogP contribution in [0.25, 0.3) is 0 Å². The van der Waals surface area contributed by atoms with Gasteiger partial charge in [0.15, 0.2) is 0 Å². The van der Waals surface area contributed by atoms with Crippen molar-refractivity contribution in [3.8, 4) is 0 Å². The highest BCUT2D eigenvalue weighted by Gasteiger charge is 2.20. The van der Waals surface area contributed by atoms with E-state index in [9.17, 15) is 4.79 Å². The molecule has 0 aliphatic carbocycles. The highest BCUT2D eigenvalue weighted by Crippen LogP contribution is 2.09. The minimum absolute atomic E-state index is 0. The minimum atomic E-state index is -0.211. The first-order chi connectivity index (χ1) is 4.63. The summed E-state index contributed by atoms with van der Waals surface area (Å²) < 4.78 is 4.55. The van der Waals surface area contributed by atoms with Crippen molar-refractivity contribution in [3.05, 3.63) is 0 Å². The van der Waals surface area contributed by atoms with E-state index in [2.05, 4.69) is 4.74 Å². The number of nitrogens with two attached hydrogens (primary N) is 1. The number of ether oxygens (including phenoxy) is 1. The van der Waals surface area contributed by atoms with Crippen LogP contribution in [0.4, 0.5) is 0 Å². The van der Waals surface area contributed by atoms with E-state index in [1.54, 1.807) is 0 Å². The van der Waals surface area contributed by atoms with E-state index in [-0.39, 0.29) is 30.2 Å². The number of carbonyl (C=O) groups excluding carboxylic acids is 1. The molecule has 0 bridgehead atoms. The zero-order valence-electron chi connectivity index (χ0n) is 7.16. The molecule has 0 aliphatic heterocycles. The molecule has 0 aromatic heterocycles. The van der Waals surface area contributed by atoms with Gasteiger partial charge in [-0.25, -0.2) is 0 Å². The zero-order chi connectivity index (χ0) is 8.15. The lowest BCUT2D eigenvalue weighted by molar-refractivity contribution is -0.146. The van der Waals surface area contributed by atoms with Gasteiger partial charge < -0.3 is 10.5 Å². The van der Waals surface area contributed by atoms with Crippen LogP contribution in [-0.4, -0.2) is 19.6 Å². The summed E-state index contributed by atoms with van der Waals surface area (Å²) in [6.45, 7) is 4.27. The molecule has 1 atom stereocenters. The first-order valence-electron chi connectivity index (χ1n) is 3.41. The summed E-state index contributed by atoms with van der Waals surface area (Å²) in [6, 6.07) is 0. The smallest absolute Gasteiger partial charge is 0.310 e. The van der Waals surface area contributed by atoms with Crippen LogP contribution in [0.2, 0.25) is 0 Å². The van der Waals surface area contributed by atoms with Crippen LogP contribution in [-0.2, 0) is 9.53 Å². The quantitative estimate of drug-likeness (QED) is 0.656. The van der Waals surface area contributed by atoms with Crippen LogP contribution in [0.3, 0.4) is 0 Å². The molecule has 2 N–H and O–H groups in total. The summed E-state index contributed by atoms with van der Waals surface area (Å²) in [5, 5.41) is 0. The Labute approximate surface area is 73.7 Å². The molecular weight excluding hydrogens is 166 g/mol. The van der Waals surface area contributed by atoms with E-state index in [4.69, 9.17) is 5.73 Å². The lowest BCUT2D eigenvalue weighted by atomic mass is 9.96. The van der Waals surface area contributed by atoms with Gasteiger partial charge in [0.2, 0.25) is 0 Å². The van der Waals surface area contributed by atoms with Gasteiger partial charge in [0.25, 0.3) is 0 Å². The number of rotatable bonds is 3. The van der Waals surface area contributed by atoms with Crippen molar-refractivity contribution in [1.82, 2.24) is 0 Å². The van der Waals surface area contributed by atoms with Gasteiger partial charge in [-0.3, -0.25) is 4.79 Å². The molecule has 68 valence electrons. The van der Waals surface area contributed by atoms with Gasteiger partial charge in [0.05, 0.1) is 13.0 Å². The van der Waals surface area contributed by atoms with Crippen molar-refractivity contribution < 1.29 is 9.53 Å². The summed E-state index contributed by atoms with van der Waals surface area (Å²) >= 11 is 0. The summed E-state index contributed by atoms with van der Waals surface area (Å²) in [5.41, 5.74) is 5.35. The monoisotopic (exact) mass is 181 g/mol. The maximum Gasteiger partial charge on any atom is 0.310 e. The van der Waals surface area contributed by atoms with Crippen LogP contribution in [0.5, 0.6) is 0 Å². The molecule has 0 fully saturated rings. The number of esters is 1. The third kappa shape index (κ3) is 4.22. The number of methoxy groups -OCH3 is 1. The second kappa shape index (κ2) is 6.43. The SMILES string of the molecule is COC(=O)C(CN)C(C)C.Cl. The van der Waals surface area contributed by atoms with Crippen molar-refractivity contribution in [1.29, 1.82) is 0 Å². The third-order valence-corrected chi connectivity index (χ3v) is 1.56. The summed E-state index contributed by atoms with van der Waals surface area (Å²) in [5.74, 6) is -0.0973. The Bertz CT molecular complexity index is 117. The van der Waals surface area contributed by atoms with Crippen LogP contribution >= 0.6 is 12.4 Å². The molecular formula is C7H16ClNO2. The van der Waals surface area contributed by atoms with Crippen LogP contribution in [0.1, 0.15) is 13.8 Å². The van der Waals surface area contributed by atoms with Gasteiger partial charge in [-0.05, 0) is 5.92 Å². The molecule has 0 amide bonds. The number of hydrogen-bond acceptors (Lipinski definition) is 3. The summed E-state index contributed by atoms with van der Waals surface area (Å²) in [4.78, 5) is 10.9. The van der Waals surface area contributed by atoms with E-state index in [0.29, 0.717) is 6.54 Å². The Kier molecular flexibility index (Phi) is 7.79. The first kappa shape index (κ1) is 13.3. The van der Waals surface area contributed by atoms with Crippen molar-refractivity contribution in [2.24, 2.45) is 17.6 Å². The van der Waals surface area contributed by atoms with Crippen molar-refractivity contribution >= 4 is 18.4 Å². The topological polar surface area (TPSA) is 52.3 Å². The molecule has 0 rings (SSSR count). The lowest BCUT2D eigenvalue weighted by Crippen LogP contribution is -2.29. The molecule has 4 heteroatoms. The zero-order valence-corrected chi connectivity index (χ0v) is 7.98. The standard InChI is InChI=1S/C7H15NO2.ClH/c1-5(2)6(4-8)7(9)10-3;/h5-6H,4,8H2,1-3H3;1H. The molecule has 0 aromatic carbocycles. The van der Waals surface area contributed by atoms with E-state index in [1.165, 1.54) is 7.11 Å². The number of carbonyl (C=O) groups is 1. The highest BCUT2D eigenvalue weighted by molar-refractivity contribution is 5.85. The Hall–Kier alpha value is -0.280. The van der Waals surface area contributed by atoms with Crippen molar-refractivity contribution in [2.45, 2.75) is 13.8 Å². The molecule has 0 heterocycles. The summed E-state index contributed by atoms with van der Waals surface area (Å²) in [6.07, 6.45) is 0. The maximum atomic E-state index is 10.9. The van der Waals surface area contributed by atoms with Gasteiger partial charge in [-0.15, -0.1) is 12.4 Å². The molecule has 0 spiro atoms. The molecule has 0 aliphatic rings. The second-order valence-electron chi connectivity index (χ2n) is 2.61. The lowest BCUT2D eigenvalue weighted by Gasteiger charge is -2.14. The van der Waals surface area contributed by atoms with Gasteiger partial charge >= 0.3 is 5.97 Å². The van der Waals surface area contributed by atoms with Gasteiger partial charge in [0.1, 0.15) is 0 Å². The average molecular weight is 182 g/mol. The molecule has 11 heavy (non-hydrogen) atoms. The van der Waals surface area contributed by atoms with E-state index in [1.807, 2.05) is 13.8 Å². The molecule has 0 aromatic rings. The van der Waals surface area contributed by atoms with Crippen LogP contribution in [0.15, 0.2) is 0 Å². The normalized spacial score (nSPS) is 12.1. The molecule has 0 radical (unpaired) electrons. The average Bonchev–Trinajstić information content (AvgIpc) is 1.88. The fraction of sp³-hybridized carbons (Fsp3) is 0.857. The molecule has 3 nitrogen and oxygen atoms in total. The Morgan fingerprint density at radius 1 is 1.55 bits per heavy atom. The molecule has 0 saturated heterocycles. The Morgan fingerprint density at radius 2 is 2.00 bits per heavy atom. The molecule has 1 unspecified atom stereocenters. The molecule has 0 saturated carbocycles. The second-order valence-corrected chi connectivity index (χ2v) is 2.61. The predicted octanol–water partition coefficient (Wildman–Crippen LogP) is 0.812. The Morgan fingerprint density at radius 3 is 2.09 bits per heavy atom. The van der Waals surface area contributed by atoms with Crippen molar-refractivity contribution in [2.75, 3.05) is 13.7 Å². The maximum absolute atomic E-state index is 10.9.